The highest BCUT2D eigenvalue weighted by Crippen LogP contribution is 2.29. The van der Waals surface area contributed by atoms with Crippen LogP contribution in [0.1, 0.15) is 36.6 Å². The third-order valence-electron chi connectivity index (χ3n) is 6.43. The van der Waals surface area contributed by atoms with E-state index in [1.54, 1.807) is 6.92 Å². The predicted octanol–water partition coefficient (Wildman–Crippen LogP) is 5.67. The number of nitrogens with zero attached hydrogens (tertiary/aromatic N) is 1. The number of carbonyl (C=O) groups excluding carboxylic acids is 1. The fourth-order valence-corrected chi connectivity index (χ4v) is 4.35. The molecule has 2 amide bonds. The van der Waals surface area contributed by atoms with Crippen molar-refractivity contribution in [1.29, 1.82) is 0 Å². The van der Waals surface area contributed by atoms with Crippen molar-refractivity contribution < 1.29 is 19.1 Å². The van der Waals surface area contributed by atoms with Crippen molar-refractivity contribution in [2.24, 2.45) is 0 Å². The molecule has 0 fully saturated rings. The van der Waals surface area contributed by atoms with Gasteiger partial charge in [0.2, 0.25) is 5.91 Å². The van der Waals surface area contributed by atoms with E-state index in [0.717, 1.165) is 26.9 Å². The smallest absolute Gasteiger partial charge is 0.408 e. The molecule has 35 heavy (non-hydrogen) atoms. The van der Waals surface area contributed by atoms with Crippen LogP contribution in [-0.4, -0.2) is 32.5 Å². The zero-order valence-corrected chi connectivity index (χ0v) is 19.7. The van der Waals surface area contributed by atoms with Gasteiger partial charge < -0.3 is 15.4 Å². The Balaban J connectivity index is 1.72. The largest absolute Gasteiger partial charge is 0.465 e. The van der Waals surface area contributed by atoms with E-state index in [-0.39, 0.29) is 19.0 Å². The maximum absolute atomic E-state index is 13.8. The second-order valence-electron chi connectivity index (χ2n) is 8.91. The van der Waals surface area contributed by atoms with Gasteiger partial charge in [0, 0.05) is 23.5 Å². The number of aromatic nitrogens is 1. The molecule has 4 aromatic rings. The monoisotopic (exact) mass is 473 g/mol. The standard InChI is InChI=1S/C28H28FN3O3/c1-19(21-8-4-3-5-9-21)31-26(33)28(2,16-22-17-30-25-11-7-6-10-24(22)25)32(27(34)35)18-20-12-14-23(29)15-13-20/h3-15,17,19,30H,16,18H2,1-2H3,(H,31,33)(H,34,35)/t19-,28+/m1/s1. The molecule has 7 heteroatoms. The van der Waals surface area contributed by atoms with E-state index in [9.17, 15) is 19.1 Å². The number of carbonyl (C=O) groups is 2. The van der Waals surface area contributed by atoms with E-state index in [4.69, 9.17) is 0 Å². The van der Waals surface area contributed by atoms with E-state index < -0.39 is 23.4 Å². The molecule has 6 nitrogen and oxygen atoms in total. The number of amides is 2. The van der Waals surface area contributed by atoms with Crippen molar-refractivity contribution in [3.05, 3.63) is 108 Å². The third kappa shape index (κ3) is 5.19. The number of hydrogen-bond donors (Lipinski definition) is 3. The molecule has 4 rings (SSSR count). The van der Waals surface area contributed by atoms with Gasteiger partial charge in [0.05, 0.1) is 12.6 Å². The highest BCUT2D eigenvalue weighted by molar-refractivity contribution is 5.91. The van der Waals surface area contributed by atoms with Crippen LogP contribution in [0.15, 0.2) is 85.1 Å². The van der Waals surface area contributed by atoms with Crippen LogP contribution in [0.25, 0.3) is 10.9 Å². The van der Waals surface area contributed by atoms with E-state index >= 15 is 0 Å². The van der Waals surface area contributed by atoms with Crippen LogP contribution in [0.2, 0.25) is 0 Å². The molecule has 3 aromatic carbocycles. The molecule has 0 spiro atoms. The van der Waals surface area contributed by atoms with Gasteiger partial charge in [-0.05, 0) is 48.7 Å². The molecule has 0 aliphatic carbocycles. The lowest BCUT2D eigenvalue weighted by Gasteiger charge is -2.39. The number of halogens is 1. The van der Waals surface area contributed by atoms with Crippen LogP contribution in [0.4, 0.5) is 9.18 Å². The Labute approximate surface area is 203 Å². The Hall–Kier alpha value is -4.13. The average Bonchev–Trinajstić information content (AvgIpc) is 3.26. The second-order valence-corrected chi connectivity index (χ2v) is 8.91. The Morgan fingerprint density at radius 3 is 2.37 bits per heavy atom. The Morgan fingerprint density at radius 1 is 1.03 bits per heavy atom. The van der Waals surface area contributed by atoms with Gasteiger partial charge in [-0.1, -0.05) is 60.7 Å². The van der Waals surface area contributed by atoms with Crippen molar-refractivity contribution in [3.8, 4) is 0 Å². The first-order valence-corrected chi connectivity index (χ1v) is 11.4. The van der Waals surface area contributed by atoms with Gasteiger partial charge in [-0.3, -0.25) is 9.69 Å². The minimum Gasteiger partial charge on any atom is -0.465 e. The van der Waals surface area contributed by atoms with Crippen LogP contribution in [0.5, 0.6) is 0 Å². The molecule has 0 bridgehead atoms. The lowest BCUT2D eigenvalue weighted by molar-refractivity contribution is -0.132. The van der Waals surface area contributed by atoms with E-state index in [1.807, 2.05) is 67.7 Å². The number of carboxylic acid groups (broad SMARTS) is 1. The number of H-pyrrole nitrogens is 1. The summed E-state index contributed by atoms with van der Waals surface area (Å²) in [5.74, 6) is -0.824. The normalized spacial score (nSPS) is 13.7. The third-order valence-corrected chi connectivity index (χ3v) is 6.43. The predicted molar refractivity (Wildman–Crippen MR) is 133 cm³/mol. The summed E-state index contributed by atoms with van der Waals surface area (Å²) in [5, 5.41) is 14.2. The van der Waals surface area contributed by atoms with Gasteiger partial charge in [0.15, 0.2) is 0 Å². The Kier molecular flexibility index (Phi) is 6.87. The fraction of sp³-hybridized carbons (Fsp3) is 0.214. The highest BCUT2D eigenvalue weighted by atomic mass is 19.1. The fourth-order valence-electron chi connectivity index (χ4n) is 4.35. The molecule has 1 aromatic heterocycles. The topological polar surface area (TPSA) is 85.4 Å². The van der Waals surface area contributed by atoms with Crippen LogP contribution in [0, 0.1) is 5.82 Å². The molecule has 180 valence electrons. The second kappa shape index (κ2) is 10.0. The quantitative estimate of drug-likeness (QED) is 0.308. The highest BCUT2D eigenvalue weighted by Gasteiger charge is 2.43. The number of para-hydroxylation sites is 1. The lowest BCUT2D eigenvalue weighted by Crippen LogP contribution is -2.59. The molecule has 0 unspecified atom stereocenters. The van der Waals surface area contributed by atoms with Crippen molar-refractivity contribution >= 4 is 22.9 Å². The zero-order valence-electron chi connectivity index (χ0n) is 19.7. The molecule has 0 saturated carbocycles. The van der Waals surface area contributed by atoms with Gasteiger partial charge in [-0.15, -0.1) is 0 Å². The maximum atomic E-state index is 13.8. The summed E-state index contributed by atoms with van der Waals surface area (Å²) < 4.78 is 13.5. The first-order valence-electron chi connectivity index (χ1n) is 11.4. The summed E-state index contributed by atoms with van der Waals surface area (Å²) >= 11 is 0. The van der Waals surface area contributed by atoms with Crippen LogP contribution < -0.4 is 5.32 Å². The Bertz CT molecular complexity index is 1320. The summed E-state index contributed by atoms with van der Waals surface area (Å²) in [4.78, 5) is 30.7. The summed E-state index contributed by atoms with van der Waals surface area (Å²) in [5.41, 5.74) is 1.78. The van der Waals surface area contributed by atoms with E-state index in [1.165, 1.54) is 24.3 Å². The van der Waals surface area contributed by atoms with E-state index in [2.05, 4.69) is 10.3 Å². The minimum absolute atomic E-state index is 0.0679. The van der Waals surface area contributed by atoms with Crippen molar-refractivity contribution in [3.63, 3.8) is 0 Å². The lowest BCUT2D eigenvalue weighted by atomic mass is 9.88. The maximum Gasteiger partial charge on any atom is 0.408 e. The van der Waals surface area contributed by atoms with Crippen molar-refractivity contribution in [1.82, 2.24) is 15.2 Å². The van der Waals surface area contributed by atoms with Crippen LogP contribution in [0.3, 0.4) is 0 Å². The number of fused-ring (bicyclic) bond motifs is 1. The van der Waals surface area contributed by atoms with Crippen molar-refractivity contribution in [2.45, 2.75) is 38.4 Å². The van der Waals surface area contributed by atoms with Gasteiger partial charge in [0.1, 0.15) is 11.4 Å². The van der Waals surface area contributed by atoms with Gasteiger partial charge >= 0.3 is 6.09 Å². The summed E-state index contributed by atoms with van der Waals surface area (Å²) in [6.45, 7) is 3.44. The molecule has 1 heterocycles. The number of benzene rings is 3. The summed E-state index contributed by atoms with van der Waals surface area (Å²) in [7, 11) is 0. The molecule has 0 aliphatic heterocycles. The van der Waals surface area contributed by atoms with Crippen molar-refractivity contribution in [2.75, 3.05) is 0 Å². The van der Waals surface area contributed by atoms with Gasteiger partial charge in [0.25, 0.3) is 0 Å². The molecular weight excluding hydrogens is 445 g/mol. The summed E-state index contributed by atoms with van der Waals surface area (Å²) in [6, 6.07) is 22.5. The molecular formula is C28H28FN3O3. The number of nitrogens with one attached hydrogen (secondary N) is 2. The van der Waals surface area contributed by atoms with E-state index in [0.29, 0.717) is 5.56 Å². The van der Waals surface area contributed by atoms with Crippen LogP contribution in [-0.2, 0) is 17.8 Å². The summed E-state index contributed by atoms with van der Waals surface area (Å²) in [6.07, 6.45) is 0.728. The molecule has 0 saturated heterocycles. The number of hydrogen-bond acceptors (Lipinski definition) is 2. The molecule has 0 aliphatic rings. The molecule has 3 N–H and O–H groups in total. The SMILES string of the molecule is C[C@@H](NC(=O)[C@](C)(Cc1c[nH]c2ccccc12)N(Cc1ccc(F)cc1)C(=O)O)c1ccccc1. The minimum atomic E-state index is -1.45. The van der Waals surface area contributed by atoms with Crippen LogP contribution >= 0.6 is 0 Å². The average molecular weight is 474 g/mol. The van der Waals surface area contributed by atoms with Gasteiger partial charge in [-0.2, -0.15) is 0 Å². The molecule has 0 radical (unpaired) electrons. The first-order chi connectivity index (χ1) is 16.8. The Morgan fingerprint density at radius 2 is 1.69 bits per heavy atom. The molecule has 2 atom stereocenters. The van der Waals surface area contributed by atoms with Gasteiger partial charge in [-0.25, -0.2) is 9.18 Å². The number of rotatable bonds is 8. The number of aromatic amines is 1. The first kappa shape index (κ1) is 24.0. The zero-order chi connectivity index (χ0) is 25.0.